The van der Waals surface area contributed by atoms with Crippen molar-refractivity contribution < 1.29 is 18.0 Å². The van der Waals surface area contributed by atoms with Crippen LogP contribution < -0.4 is 4.72 Å². The molecule has 2 amide bonds. The summed E-state index contributed by atoms with van der Waals surface area (Å²) in [6.45, 7) is 3.14. The lowest BCUT2D eigenvalue weighted by Gasteiger charge is -2.21. The zero-order valence-corrected chi connectivity index (χ0v) is 19.0. The van der Waals surface area contributed by atoms with Crippen LogP contribution in [0.5, 0.6) is 0 Å². The van der Waals surface area contributed by atoms with E-state index in [9.17, 15) is 18.0 Å². The van der Waals surface area contributed by atoms with Gasteiger partial charge in [0.25, 0.3) is 11.8 Å². The van der Waals surface area contributed by atoms with Gasteiger partial charge in [0.05, 0.1) is 4.90 Å². The number of carbonyl (C=O) groups is 2. The Hall–Kier alpha value is -2.71. The molecule has 8 heteroatoms. The molecule has 0 saturated heterocycles. The van der Waals surface area contributed by atoms with Gasteiger partial charge in [0.2, 0.25) is 10.0 Å². The molecular weight excluding hydrogens is 414 g/mol. The monoisotopic (exact) mass is 443 g/mol. The Balaban J connectivity index is 1.72. The minimum atomic E-state index is -3.64. The third-order valence-corrected chi connectivity index (χ3v) is 6.72. The van der Waals surface area contributed by atoms with Crippen LogP contribution in [0.4, 0.5) is 0 Å². The molecule has 0 atom stereocenters. The summed E-state index contributed by atoms with van der Waals surface area (Å²) in [6.07, 6.45) is 2.10. The summed E-state index contributed by atoms with van der Waals surface area (Å²) >= 11 is 0. The molecule has 0 spiro atoms. The first kappa shape index (κ1) is 23.0. The van der Waals surface area contributed by atoms with Crippen molar-refractivity contribution in [3.8, 4) is 0 Å². The summed E-state index contributed by atoms with van der Waals surface area (Å²) in [4.78, 5) is 28.3. The van der Waals surface area contributed by atoms with Crippen molar-refractivity contribution in [2.75, 3.05) is 27.2 Å². The van der Waals surface area contributed by atoms with Crippen molar-refractivity contribution in [1.29, 1.82) is 0 Å². The zero-order valence-electron chi connectivity index (χ0n) is 18.2. The second-order valence-electron chi connectivity index (χ2n) is 8.04. The van der Waals surface area contributed by atoms with Gasteiger partial charge in [0.15, 0.2) is 0 Å². The van der Waals surface area contributed by atoms with Crippen LogP contribution in [-0.4, -0.2) is 57.2 Å². The summed E-state index contributed by atoms with van der Waals surface area (Å²) in [5, 5.41) is 0. The highest BCUT2D eigenvalue weighted by Gasteiger charge is 2.25. The standard InChI is InChI=1S/C23H29N3O4S/c1-4-26(16-18-10-12-19(13-11-18)22(27)25(2)3)23(28)20-6-5-7-21(14-20)31(29,30)24-15-17-8-9-17/h5-7,10-14,17,24H,4,8-9,15-16H2,1-3H3. The Morgan fingerprint density at radius 1 is 1.00 bits per heavy atom. The highest BCUT2D eigenvalue weighted by atomic mass is 32.2. The topological polar surface area (TPSA) is 86.8 Å². The lowest BCUT2D eigenvalue weighted by atomic mass is 10.1. The molecule has 1 saturated carbocycles. The van der Waals surface area contributed by atoms with Crippen molar-refractivity contribution >= 4 is 21.8 Å². The summed E-state index contributed by atoms with van der Waals surface area (Å²) in [6, 6.07) is 13.3. The number of nitrogens with zero attached hydrogens (tertiary/aromatic N) is 2. The molecule has 1 N–H and O–H groups in total. The van der Waals surface area contributed by atoms with Crippen LogP contribution in [0.15, 0.2) is 53.4 Å². The average molecular weight is 444 g/mol. The number of nitrogens with one attached hydrogen (secondary N) is 1. The summed E-state index contributed by atoms with van der Waals surface area (Å²) < 4.78 is 27.7. The van der Waals surface area contributed by atoms with Gasteiger partial charge in [-0.15, -0.1) is 0 Å². The van der Waals surface area contributed by atoms with Crippen LogP contribution >= 0.6 is 0 Å². The minimum Gasteiger partial charge on any atom is -0.345 e. The van der Waals surface area contributed by atoms with E-state index >= 15 is 0 Å². The molecule has 0 radical (unpaired) electrons. The van der Waals surface area contributed by atoms with Gasteiger partial charge >= 0.3 is 0 Å². The summed E-state index contributed by atoms with van der Waals surface area (Å²) in [5.41, 5.74) is 1.80. The second-order valence-corrected chi connectivity index (χ2v) is 9.81. The smallest absolute Gasteiger partial charge is 0.254 e. The van der Waals surface area contributed by atoms with E-state index in [2.05, 4.69) is 4.72 Å². The maximum Gasteiger partial charge on any atom is 0.254 e. The Kier molecular flexibility index (Phi) is 7.12. The fraction of sp³-hybridized carbons (Fsp3) is 0.391. The predicted octanol–water partition coefficient (Wildman–Crippen LogP) is 2.74. The van der Waals surface area contributed by atoms with E-state index in [4.69, 9.17) is 0 Å². The van der Waals surface area contributed by atoms with Crippen LogP contribution in [0.1, 0.15) is 46.0 Å². The predicted molar refractivity (Wildman–Crippen MR) is 119 cm³/mol. The Labute approximate surface area is 184 Å². The molecule has 0 unspecified atom stereocenters. The molecule has 1 fully saturated rings. The van der Waals surface area contributed by atoms with E-state index < -0.39 is 10.0 Å². The van der Waals surface area contributed by atoms with Crippen molar-refractivity contribution in [3.05, 3.63) is 65.2 Å². The Morgan fingerprint density at radius 2 is 1.68 bits per heavy atom. The quantitative estimate of drug-likeness (QED) is 0.646. The zero-order chi connectivity index (χ0) is 22.6. The molecule has 2 aromatic carbocycles. The van der Waals surface area contributed by atoms with Crippen molar-refractivity contribution in [1.82, 2.24) is 14.5 Å². The van der Waals surface area contributed by atoms with Crippen molar-refractivity contribution in [2.24, 2.45) is 5.92 Å². The number of amides is 2. The third kappa shape index (κ3) is 5.92. The second kappa shape index (κ2) is 9.62. The maximum absolute atomic E-state index is 13.0. The third-order valence-electron chi connectivity index (χ3n) is 5.30. The highest BCUT2D eigenvalue weighted by molar-refractivity contribution is 7.89. The highest BCUT2D eigenvalue weighted by Crippen LogP contribution is 2.28. The van der Waals surface area contributed by atoms with E-state index in [1.807, 2.05) is 19.1 Å². The molecule has 1 aliphatic rings. The largest absolute Gasteiger partial charge is 0.345 e. The van der Waals surface area contributed by atoms with Gasteiger partial charge in [0.1, 0.15) is 0 Å². The maximum atomic E-state index is 13.0. The first-order chi connectivity index (χ1) is 14.7. The van der Waals surface area contributed by atoms with E-state index in [0.717, 1.165) is 18.4 Å². The van der Waals surface area contributed by atoms with Gasteiger partial charge < -0.3 is 9.80 Å². The van der Waals surface area contributed by atoms with Crippen molar-refractivity contribution in [3.63, 3.8) is 0 Å². The molecule has 0 bridgehead atoms. The molecule has 0 aromatic heterocycles. The number of hydrogen-bond donors (Lipinski definition) is 1. The molecule has 0 heterocycles. The van der Waals surface area contributed by atoms with Crippen LogP contribution in [0.3, 0.4) is 0 Å². The summed E-state index contributed by atoms with van der Waals surface area (Å²) in [5.74, 6) is 0.105. The van der Waals surface area contributed by atoms with E-state index in [1.54, 1.807) is 43.3 Å². The van der Waals surface area contributed by atoms with Gasteiger partial charge in [0, 0.05) is 44.9 Å². The van der Waals surface area contributed by atoms with E-state index in [1.165, 1.54) is 17.0 Å². The molecule has 2 aromatic rings. The van der Waals surface area contributed by atoms with Gasteiger partial charge in [-0.2, -0.15) is 0 Å². The van der Waals surface area contributed by atoms with E-state index in [0.29, 0.717) is 36.7 Å². The molecule has 1 aliphatic carbocycles. The lowest BCUT2D eigenvalue weighted by molar-refractivity contribution is 0.0751. The Morgan fingerprint density at radius 3 is 2.26 bits per heavy atom. The van der Waals surface area contributed by atoms with Crippen LogP contribution in [0, 0.1) is 5.92 Å². The number of hydrogen-bond acceptors (Lipinski definition) is 4. The van der Waals surface area contributed by atoms with Crippen LogP contribution in [0.2, 0.25) is 0 Å². The van der Waals surface area contributed by atoms with Crippen LogP contribution in [0.25, 0.3) is 0 Å². The van der Waals surface area contributed by atoms with Gasteiger partial charge in [-0.3, -0.25) is 9.59 Å². The molecule has 31 heavy (non-hydrogen) atoms. The number of benzene rings is 2. The first-order valence-corrected chi connectivity index (χ1v) is 11.9. The number of rotatable bonds is 9. The fourth-order valence-corrected chi connectivity index (χ4v) is 4.33. The molecule has 0 aliphatic heterocycles. The van der Waals surface area contributed by atoms with Gasteiger partial charge in [-0.1, -0.05) is 18.2 Å². The molecular formula is C23H29N3O4S. The lowest BCUT2D eigenvalue weighted by Crippen LogP contribution is -2.31. The average Bonchev–Trinajstić information content (AvgIpc) is 3.60. The normalized spacial score (nSPS) is 13.6. The molecule has 166 valence electrons. The van der Waals surface area contributed by atoms with Gasteiger partial charge in [-0.25, -0.2) is 13.1 Å². The molecule has 7 nitrogen and oxygen atoms in total. The summed E-state index contributed by atoms with van der Waals surface area (Å²) in [7, 11) is -0.243. The number of sulfonamides is 1. The molecule has 3 rings (SSSR count). The first-order valence-electron chi connectivity index (χ1n) is 10.4. The fourth-order valence-electron chi connectivity index (χ4n) is 3.17. The SMILES string of the molecule is CCN(Cc1ccc(C(=O)N(C)C)cc1)C(=O)c1cccc(S(=O)(=O)NCC2CC2)c1. The van der Waals surface area contributed by atoms with Crippen molar-refractivity contribution in [2.45, 2.75) is 31.2 Å². The van der Waals surface area contributed by atoms with E-state index in [-0.39, 0.29) is 16.7 Å². The minimum absolute atomic E-state index is 0.0803. The van der Waals surface area contributed by atoms with Gasteiger partial charge in [-0.05, 0) is 61.6 Å². The number of carbonyl (C=O) groups excluding carboxylic acids is 2. The van der Waals surface area contributed by atoms with Crippen LogP contribution in [-0.2, 0) is 16.6 Å². The Bertz CT molecular complexity index is 1040.